The Morgan fingerprint density at radius 1 is 1.43 bits per heavy atom. The molecule has 0 radical (unpaired) electrons. The molecule has 2 aromatic rings. The minimum atomic E-state index is -0.520. The summed E-state index contributed by atoms with van der Waals surface area (Å²) in [6, 6.07) is 6.38. The summed E-state index contributed by atoms with van der Waals surface area (Å²) in [4.78, 5) is 18.4. The molecule has 2 aliphatic heterocycles. The van der Waals surface area contributed by atoms with Gasteiger partial charge in [-0.2, -0.15) is 0 Å². The third kappa shape index (κ3) is 3.01. The number of carbonyl (C=O) groups excluding carboxylic acids is 1. The number of hydrogen-bond acceptors (Lipinski definition) is 5. The molecular formula is C22H28N2O4. The van der Waals surface area contributed by atoms with E-state index in [1.807, 2.05) is 19.1 Å². The van der Waals surface area contributed by atoms with Crippen LogP contribution in [0.15, 0.2) is 29.8 Å². The van der Waals surface area contributed by atoms with Crippen molar-refractivity contribution in [1.29, 1.82) is 0 Å². The van der Waals surface area contributed by atoms with Gasteiger partial charge in [-0.25, -0.2) is 0 Å². The first-order valence-electron chi connectivity index (χ1n) is 9.87. The molecule has 1 unspecified atom stereocenters. The first-order valence-corrected chi connectivity index (χ1v) is 9.87. The Morgan fingerprint density at radius 3 is 2.93 bits per heavy atom. The molecule has 1 aromatic heterocycles. The van der Waals surface area contributed by atoms with Gasteiger partial charge in [-0.3, -0.25) is 9.69 Å². The number of aliphatic hydroxyl groups is 1. The van der Waals surface area contributed by atoms with Crippen LogP contribution in [0.2, 0.25) is 0 Å². The lowest BCUT2D eigenvalue weighted by atomic mass is 9.75. The number of nitrogens with one attached hydrogen (secondary N) is 1. The Balaban J connectivity index is 1.73. The van der Waals surface area contributed by atoms with Crippen LogP contribution in [0, 0.1) is 11.8 Å². The summed E-state index contributed by atoms with van der Waals surface area (Å²) in [5, 5.41) is 11.1. The Kier molecular flexibility index (Phi) is 5.17. The zero-order chi connectivity index (χ0) is 19.8. The van der Waals surface area contributed by atoms with Crippen LogP contribution < -0.4 is 4.74 Å². The highest BCUT2D eigenvalue weighted by molar-refractivity contribution is 5.86. The van der Waals surface area contributed by atoms with Crippen molar-refractivity contribution in [3.63, 3.8) is 0 Å². The van der Waals surface area contributed by atoms with Crippen molar-refractivity contribution in [3.05, 3.63) is 41.1 Å². The summed E-state index contributed by atoms with van der Waals surface area (Å²) < 4.78 is 10.3. The van der Waals surface area contributed by atoms with Crippen LogP contribution in [-0.4, -0.2) is 54.9 Å². The van der Waals surface area contributed by atoms with Gasteiger partial charge in [0.2, 0.25) is 0 Å². The third-order valence-electron chi connectivity index (χ3n) is 6.47. The zero-order valence-electron chi connectivity index (χ0n) is 16.7. The van der Waals surface area contributed by atoms with Crippen molar-refractivity contribution in [2.45, 2.75) is 25.8 Å². The second-order valence-electron chi connectivity index (χ2n) is 7.68. The number of allylic oxidation sites excluding steroid dienone is 1. The minimum absolute atomic E-state index is 0.0180. The maximum Gasteiger partial charge on any atom is 0.311 e. The monoisotopic (exact) mass is 384 g/mol. The summed E-state index contributed by atoms with van der Waals surface area (Å²) in [6.45, 7) is 3.62. The summed E-state index contributed by atoms with van der Waals surface area (Å²) >= 11 is 0. The number of piperidine rings is 1. The van der Waals surface area contributed by atoms with Gasteiger partial charge in [-0.05, 0) is 43.4 Å². The van der Waals surface area contributed by atoms with Crippen LogP contribution in [0.25, 0.3) is 10.9 Å². The van der Waals surface area contributed by atoms with E-state index in [4.69, 9.17) is 9.47 Å². The average molecular weight is 384 g/mol. The van der Waals surface area contributed by atoms with Gasteiger partial charge in [-0.1, -0.05) is 11.6 Å². The van der Waals surface area contributed by atoms with E-state index in [9.17, 15) is 9.90 Å². The van der Waals surface area contributed by atoms with Crippen molar-refractivity contribution in [2.75, 3.05) is 33.9 Å². The van der Waals surface area contributed by atoms with Gasteiger partial charge in [0.1, 0.15) is 5.75 Å². The van der Waals surface area contributed by atoms with Gasteiger partial charge in [0, 0.05) is 35.8 Å². The van der Waals surface area contributed by atoms with Gasteiger partial charge < -0.3 is 19.6 Å². The second kappa shape index (κ2) is 7.60. The number of benzene rings is 1. The van der Waals surface area contributed by atoms with Crippen LogP contribution in [0.1, 0.15) is 30.6 Å². The summed E-state index contributed by atoms with van der Waals surface area (Å²) in [5.41, 5.74) is 4.89. The molecule has 0 saturated carbocycles. The third-order valence-corrected chi connectivity index (χ3v) is 6.47. The van der Waals surface area contributed by atoms with Gasteiger partial charge >= 0.3 is 5.97 Å². The van der Waals surface area contributed by atoms with E-state index < -0.39 is 5.92 Å². The fraction of sp³-hybridized carbons (Fsp3) is 0.500. The van der Waals surface area contributed by atoms with E-state index in [0.717, 1.165) is 37.2 Å². The summed E-state index contributed by atoms with van der Waals surface area (Å²) in [6.07, 6.45) is 3.88. The Bertz CT molecular complexity index is 917. The number of nitrogens with zero attached hydrogens (tertiary/aromatic N) is 1. The molecule has 2 aliphatic rings. The van der Waals surface area contributed by atoms with Crippen LogP contribution in [-0.2, 0) is 16.0 Å². The van der Waals surface area contributed by atoms with Crippen molar-refractivity contribution >= 4 is 16.9 Å². The van der Waals surface area contributed by atoms with Gasteiger partial charge in [-0.15, -0.1) is 0 Å². The van der Waals surface area contributed by atoms with E-state index >= 15 is 0 Å². The van der Waals surface area contributed by atoms with Crippen molar-refractivity contribution in [3.8, 4) is 5.75 Å². The molecule has 1 fully saturated rings. The van der Waals surface area contributed by atoms with Crippen LogP contribution in [0.3, 0.4) is 0 Å². The highest BCUT2D eigenvalue weighted by atomic mass is 16.5. The lowest BCUT2D eigenvalue weighted by Crippen LogP contribution is -2.45. The van der Waals surface area contributed by atoms with E-state index in [0.29, 0.717) is 0 Å². The van der Waals surface area contributed by atoms with Crippen LogP contribution in [0.5, 0.6) is 5.75 Å². The van der Waals surface area contributed by atoms with Crippen molar-refractivity contribution in [1.82, 2.24) is 9.88 Å². The van der Waals surface area contributed by atoms with Crippen molar-refractivity contribution < 1.29 is 19.4 Å². The van der Waals surface area contributed by atoms with E-state index in [-0.39, 0.29) is 24.5 Å². The molecule has 1 aromatic carbocycles. The van der Waals surface area contributed by atoms with E-state index in [1.165, 1.54) is 29.3 Å². The molecule has 28 heavy (non-hydrogen) atoms. The molecule has 0 amide bonds. The quantitative estimate of drug-likeness (QED) is 0.626. The smallest absolute Gasteiger partial charge is 0.311 e. The number of hydrogen-bond donors (Lipinski definition) is 2. The average Bonchev–Trinajstić information content (AvgIpc) is 3.11. The van der Waals surface area contributed by atoms with Crippen molar-refractivity contribution in [2.24, 2.45) is 11.8 Å². The standard InChI is InChI=1S/C22H28N2O4/c1-4-13-11-24-8-7-16-15-6-5-14(27-2)9-19(15)23-21(16)20(24)10-17(13)18(12-25)22(26)28-3/h4-6,9,17-18,20,23,25H,7-8,10-12H2,1-3H3/b13-4+/t17-,18?,20-/m0/s1. The van der Waals surface area contributed by atoms with Gasteiger partial charge in [0.25, 0.3) is 0 Å². The maximum atomic E-state index is 12.3. The molecule has 0 aliphatic carbocycles. The molecule has 0 spiro atoms. The predicted octanol–water partition coefficient (Wildman–Crippen LogP) is 2.82. The number of rotatable bonds is 4. The zero-order valence-corrected chi connectivity index (χ0v) is 16.7. The van der Waals surface area contributed by atoms with E-state index in [2.05, 4.69) is 22.0 Å². The number of aromatic nitrogens is 1. The van der Waals surface area contributed by atoms with E-state index in [1.54, 1.807) is 7.11 Å². The lowest BCUT2D eigenvalue weighted by Gasteiger charge is -2.45. The van der Waals surface area contributed by atoms with Gasteiger partial charge in [0.05, 0.1) is 32.8 Å². The summed E-state index contributed by atoms with van der Waals surface area (Å²) in [5.74, 6) is -0.0341. The number of H-pyrrole nitrogens is 1. The molecule has 3 atom stereocenters. The molecular weight excluding hydrogens is 356 g/mol. The Morgan fingerprint density at radius 2 is 2.25 bits per heavy atom. The fourth-order valence-electron chi connectivity index (χ4n) is 4.98. The molecule has 0 bridgehead atoms. The van der Waals surface area contributed by atoms with Crippen LogP contribution in [0.4, 0.5) is 0 Å². The molecule has 1 saturated heterocycles. The van der Waals surface area contributed by atoms with Gasteiger partial charge in [0.15, 0.2) is 0 Å². The summed E-state index contributed by atoms with van der Waals surface area (Å²) in [7, 11) is 3.07. The van der Waals surface area contributed by atoms with Crippen LogP contribution >= 0.6 is 0 Å². The molecule has 4 rings (SSSR count). The number of methoxy groups -OCH3 is 2. The second-order valence-corrected chi connectivity index (χ2v) is 7.68. The molecule has 6 heteroatoms. The molecule has 6 nitrogen and oxygen atoms in total. The maximum absolute atomic E-state index is 12.3. The highest BCUT2D eigenvalue weighted by Crippen LogP contribution is 2.45. The highest BCUT2D eigenvalue weighted by Gasteiger charge is 2.42. The number of ether oxygens (including phenoxy) is 2. The number of fused-ring (bicyclic) bond motifs is 5. The Hall–Kier alpha value is -2.31. The minimum Gasteiger partial charge on any atom is -0.497 e. The molecule has 3 heterocycles. The fourth-order valence-corrected chi connectivity index (χ4v) is 4.98. The SMILES string of the molecule is C/C=C1\CN2CCc3c([nH]c4cc(OC)ccc34)[C@@H]2C[C@@H]1C(CO)C(=O)OC. The number of aromatic amines is 1. The lowest BCUT2D eigenvalue weighted by molar-refractivity contribution is -0.149. The number of esters is 1. The number of carbonyl (C=O) groups is 1. The first kappa shape index (κ1) is 19.0. The first-order chi connectivity index (χ1) is 13.6. The topological polar surface area (TPSA) is 74.8 Å². The number of aliphatic hydroxyl groups excluding tert-OH is 1. The normalized spacial score (nSPS) is 24.6. The largest absolute Gasteiger partial charge is 0.497 e. The molecule has 150 valence electrons. The Labute approximate surface area is 165 Å². The predicted molar refractivity (Wildman–Crippen MR) is 107 cm³/mol. The molecule has 2 N–H and O–H groups in total.